The third-order valence-corrected chi connectivity index (χ3v) is 6.52. The molecule has 11 nitrogen and oxygen atoms in total. The Morgan fingerprint density at radius 3 is 2.66 bits per heavy atom. The summed E-state index contributed by atoms with van der Waals surface area (Å²) in [7, 11) is 1.55. The van der Waals surface area contributed by atoms with E-state index in [0.29, 0.717) is 28.5 Å². The first kappa shape index (κ1) is 25.1. The van der Waals surface area contributed by atoms with Crippen molar-refractivity contribution in [3.05, 3.63) is 72.2 Å². The van der Waals surface area contributed by atoms with E-state index in [2.05, 4.69) is 25.7 Å². The lowest BCUT2D eigenvalue weighted by Gasteiger charge is -2.32. The summed E-state index contributed by atoms with van der Waals surface area (Å²) >= 11 is 0. The van der Waals surface area contributed by atoms with Crippen LogP contribution in [0.1, 0.15) is 43.0 Å². The zero-order chi connectivity index (χ0) is 26.5. The summed E-state index contributed by atoms with van der Waals surface area (Å²) in [6.45, 7) is 1.57. The molecule has 1 aliphatic carbocycles. The molecule has 1 atom stereocenters. The topological polar surface area (TPSA) is 128 Å². The van der Waals surface area contributed by atoms with Crippen LogP contribution in [0, 0.1) is 6.92 Å². The van der Waals surface area contributed by atoms with Crippen LogP contribution in [0.2, 0.25) is 0 Å². The Morgan fingerprint density at radius 1 is 1.16 bits per heavy atom. The first-order chi connectivity index (χ1) is 18.5. The number of benzene rings is 1. The largest absolute Gasteiger partial charge is 0.497 e. The number of pyridine rings is 1. The van der Waals surface area contributed by atoms with Crippen molar-refractivity contribution in [1.82, 2.24) is 30.5 Å². The molecular weight excluding hydrogens is 486 g/mol. The summed E-state index contributed by atoms with van der Waals surface area (Å²) < 4.78 is 11.0. The molecule has 38 heavy (non-hydrogen) atoms. The quantitative estimate of drug-likeness (QED) is 0.359. The molecular formula is C27H29N7O4. The van der Waals surface area contributed by atoms with E-state index >= 15 is 0 Å². The second-order valence-electron chi connectivity index (χ2n) is 9.19. The maximum absolute atomic E-state index is 14.0. The van der Waals surface area contributed by atoms with Crippen LogP contribution in [0.25, 0.3) is 11.6 Å². The van der Waals surface area contributed by atoms with Gasteiger partial charge in [-0.25, -0.2) is 0 Å². The van der Waals surface area contributed by atoms with Crippen LogP contribution in [0.3, 0.4) is 0 Å². The number of ether oxygens (including phenoxy) is 1. The number of tetrazole rings is 1. The highest BCUT2D eigenvalue weighted by Gasteiger charge is 2.35. The fraction of sp³-hybridized carbons (Fsp3) is 0.333. The summed E-state index contributed by atoms with van der Waals surface area (Å²) in [6.07, 6.45) is 7.18. The van der Waals surface area contributed by atoms with Gasteiger partial charge in [-0.3, -0.25) is 19.5 Å². The Balaban J connectivity index is 1.51. The van der Waals surface area contributed by atoms with E-state index in [9.17, 15) is 9.59 Å². The zero-order valence-electron chi connectivity index (χ0n) is 21.3. The molecule has 2 amide bonds. The summed E-state index contributed by atoms with van der Waals surface area (Å²) in [6, 6.07) is 13.2. The van der Waals surface area contributed by atoms with Crippen molar-refractivity contribution < 1.29 is 18.7 Å². The maximum atomic E-state index is 14.0. The van der Waals surface area contributed by atoms with Gasteiger partial charge in [-0.1, -0.05) is 18.9 Å². The molecule has 1 fully saturated rings. The molecule has 0 radical (unpaired) electrons. The summed E-state index contributed by atoms with van der Waals surface area (Å²) in [5.74, 6) is 1.32. The number of rotatable bonds is 9. The molecule has 0 unspecified atom stereocenters. The Labute approximate surface area is 219 Å². The molecule has 4 aromatic rings. The number of anilines is 1. The normalized spacial score (nSPS) is 14.3. The van der Waals surface area contributed by atoms with Crippen molar-refractivity contribution in [2.24, 2.45) is 0 Å². The standard InChI is InChI=1S/C27H29N7O4/c1-18-10-11-23(38-18)26-30-32-33(31-26)17-24(35)34(21-8-5-9-22(16-21)37-2)25(19-12-14-28-15-13-19)27(36)29-20-6-3-4-7-20/h5,8-16,20,25H,3-4,6-7,17H2,1-2H3,(H,29,36)/t25-/m0/s1. The third kappa shape index (κ3) is 5.56. The average molecular weight is 516 g/mol. The van der Waals surface area contributed by atoms with Gasteiger partial charge in [-0.2, -0.15) is 4.80 Å². The number of hydrogen-bond acceptors (Lipinski definition) is 8. The Morgan fingerprint density at radius 2 is 1.95 bits per heavy atom. The van der Waals surface area contributed by atoms with Gasteiger partial charge in [0.15, 0.2) is 5.76 Å². The van der Waals surface area contributed by atoms with E-state index in [1.807, 2.05) is 6.92 Å². The van der Waals surface area contributed by atoms with Gasteiger partial charge in [0.25, 0.3) is 5.91 Å². The monoisotopic (exact) mass is 515 g/mol. The fourth-order valence-electron chi connectivity index (χ4n) is 4.67. The number of furan rings is 1. The minimum absolute atomic E-state index is 0.0744. The van der Waals surface area contributed by atoms with Gasteiger partial charge >= 0.3 is 0 Å². The molecule has 0 aliphatic heterocycles. The van der Waals surface area contributed by atoms with Gasteiger partial charge in [0.1, 0.15) is 24.1 Å². The van der Waals surface area contributed by atoms with E-state index in [-0.39, 0.29) is 24.3 Å². The maximum Gasteiger partial charge on any atom is 0.251 e. The van der Waals surface area contributed by atoms with Gasteiger partial charge in [-0.15, -0.1) is 10.2 Å². The van der Waals surface area contributed by atoms with Crippen molar-refractivity contribution in [1.29, 1.82) is 0 Å². The van der Waals surface area contributed by atoms with Crippen molar-refractivity contribution in [3.63, 3.8) is 0 Å². The molecule has 1 saturated carbocycles. The van der Waals surface area contributed by atoms with Crippen LogP contribution in [-0.4, -0.2) is 50.2 Å². The fourth-order valence-corrected chi connectivity index (χ4v) is 4.67. The molecule has 1 N–H and O–H groups in total. The Hall–Kier alpha value is -4.54. The number of aryl methyl sites for hydroxylation is 1. The van der Waals surface area contributed by atoms with Crippen molar-refractivity contribution >= 4 is 17.5 Å². The van der Waals surface area contributed by atoms with Crippen LogP contribution >= 0.6 is 0 Å². The zero-order valence-corrected chi connectivity index (χ0v) is 21.3. The lowest BCUT2D eigenvalue weighted by Crippen LogP contribution is -2.47. The summed E-state index contributed by atoms with van der Waals surface area (Å²) in [4.78, 5) is 34.5. The minimum Gasteiger partial charge on any atom is -0.497 e. The van der Waals surface area contributed by atoms with Gasteiger partial charge in [0.2, 0.25) is 11.7 Å². The second-order valence-corrected chi connectivity index (χ2v) is 9.19. The van der Waals surface area contributed by atoms with Gasteiger partial charge in [-0.05, 0) is 66.9 Å². The van der Waals surface area contributed by atoms with E-state index < -0.39 is 11.9 Å². The number of methoxy groups -OCH3 is 1. The van der Waals surface area contributed by atoms with E-state index in [1.165, 1.54) is 9.70 Å². The lowest BCUT2D eigenvalue weighted by atomic mass is 10.0. The van der Waals surface area contributed by atoms with Crippen LogP contribution in [0.5, 0.6) is 5.75 Å². The molecule has 0 spiro atoms. The van der Waals surface area contributed by atoms with Crippen LogP contribution in [0.4, 0.5) is 5.69 Å². The van der Waals surface area contributed by atoms with E-state index in [4.69, 9.17) is 9.15 Å². The number of hydrogen-bond donors (Lipinski definition) is 1. The summed E-state index contributed by atoms with van der Waals surface area (Å²) in [5.41, 5.74) is 1.13. The average Bonchev–Trinajstić information content (AvgIpc) is 3.70. The first-order valence-electron chi connectivity index (χ1n) is 12.5. The summed E-state index contributed by atoms with van der Waals surface area (Å²) in [5, 5.41) is 15.6. The Bertz CT molecular complexity index is 1400. The van der Waals surface area contributed by atoms with Crippen LogP contribution in [0.15, 0.2) is 65.3 Å². The van der Waals surface area contributed by atoms with Gasteiger partial charge in [0, 0.05) is 30.2 Å². The SMILES string of the molecule is COc1cccc(N(C(=O)Cn2nnc(-c3ccc(C)o3)n2)[C@H](C(=O)NC2CCCC2)c2ccncc2)c1. The van der Waals surface area contributed by atoms with Crippen molar-refractivity contribution in [3.8, 4) is 17.3 Å². The molecule has 5 rings (SSSR count). The highest BCUT2D eigenvalue weighted by atomic mass is 16.5. The number of carbonyl (C=O) groups is 2. The third-order valence-electron chi connectivity index (χ3n) is 6.52. The highest BCUT2D eigenvalue weighted by Crippen LogP contribution is 2.31. The molecule has 3 heterocycles. The first-order valence-corrected chi connectivity index (χ1v) is 12.5. The molecule has 1 aliphatic rings. The number of amides is 2. The Kier molecular flexibility index (Phi) is 7.43. The van der Waals surface area contributed by atoms with Crippen LogP contribution < -0.4 is 15.0 Å². The van der Waals surface area contributed by atoms with Crippen molar-refractivity contribution in [2.75, 3.05) is 12.0 Å². The molecule has 3 aromatic heterocycles. The minimum atomic E-state index is -0.950. The molecule has 1 aromatic carbocycles. The smallest absolute Gasteiger partial charge is 0.251 e. The van der Waals surface area contributed by atoms with Crippen molar-refractivity contribution in [2.45, 2.75) is 51.2 Å². The van der Waals surface area contributed by atoms with E-state index in [0.717, 1.165) is 25.7 Å². The lowest BCUT2D eigenvalue weighted by molar-refractivity contribution is -0.127. The second kappa shape index (κ2) is 11.2. The van der Waals surface area contributed by atoms with Gasteiger partial charge in [0.05, 0.1) is 7.11 Å². The molecule has 0 bridgehead atoms. The highest BCUT2D eigenvalue weighted by molar-refractivity contribution is 6.01. The number of carbonyl (C=O) groups excluding carboxylic acids is 2. The molecule has 11 heteroatoms. The number of aromatic nitrogens is 5. The van der Waals surface area contributed by atoms with Gasteiger partial charge < -0.3 is 14.5 Å². The predicted octanol–water partition coefficient (Wildman–Crippen LogP) is 3.48. The molecule has 196 valence electrons. The molecule has 0 saturated heterocycles. The van der Waals surface area contributed by atoms with E-state index in [1.54, 1.807) is 68.0 Å². The predicted molar refractivity (Wildman–Crippen MR) is 138 cm³/mol. The van der Waals surface area contributed by atoms with Crippen LogP contribution in [-0.2, 0) is 16.1 Å². The number of nitrogens with zero attached hydrogens (tertiary/aromatic N) is 6. The number of nitrogens with one attached hydrogen (secondary N) is 1.